The number of esters is 1. The van der Waals surface area contributed by atoms with Crippen molar-refractivity contribution in [2.24, 2.45) is 0 Å². The topological polar surface area (TPSA) is 217 Å². The van der Waals surface area contributed by atoms with Crippen LogP contribution >= 0.6 is 0 Å². The fraction of sp³-hybridized carbons (Fsp3) is 0.200. The maximum atomic E-state index is 13.7. The second-order valence-corrected chi connectivity index (χ2v) is 9.63. The number of hydrogen-bond acceptors (Lipinski definition) is 13. The number of hydrogen-bond donors (Lipinski definition) is 7. The quantitative estimate of drug-likeness (QED) is 0.120. The smallest absolute Gasteiger partial charge is 0.331 e. The molecule has 0 amide bonds. The fourth-order valence-corrected chi connectivity index (χ4v) is 4.49. The zero-order valence-corrected chi connectivity index (χ0v) is 22.1. The molecule has 2 heterocycles. The van der Waals surface area contributed by atoms with Crippen LogP contribution in [0.1, 0.15) is 5.56 Å². The van der Waals surface area contributed by atoms with Gasteiger partial charge in [0.2, 0.25) is 17.5 Å². The van der Waals surface area contributed by atoms with E-state index in [9.17, 15) is 45.3 Å². The summed E-state index contributed by atoms with van der Waals surface area (Å²) in [6.45, 7) is -0.781. The van der Waals surface area contributed by atoms with Crippen LogP contribution in [0.4, 0.5) is 0 Å². The number of aliphatic hydroxyl groups excluding tert-OH is 3. The van der Waals surface area contributed by atoms with Crippen molar-refractivity contribution < 1.29 is 59.2 Å². The maximum Gasteiger partial charge on any atom is 0.331 e. The van der Waals surface area contributed by atoms with Crippen LogP contribution in [0.15, 0.2) is 76.0 Å². The molecule has 1 aliphatic rings. The van der Waals surface area contributed by atoms with Crippen molar-refractivity contribution in [2.75, 3.05) is 6.61 Å². The second kappa shape index (κ2) is 12.0. The first-order chi connectivity index (χ1) is 20.5. The van der Waals surface area contributed by atoms with Crippen molar-refractivity contribution in [1.82, 2.24) is 0 Å². The number of ether oxygens (including phenoxy) is 3. The van der Waals surface area contributed by atoms with Crippen molar-refractivity contribution in [3.8, 4) is 40.1 Å². The van der Waals surface area contributed by atoms with Gasteiger partial charge in [-0.3, -0.25) is 4.79 Å². The van der Waals surface area contributed by atoms with Gasteiger partial charge in [0.15, 0.2) is 11.9 Å². The monoisotopic (exact) mass is 594 g/mol. The van der Waals surface area contributed by atoms with Crippen LogP contribution in [0, 0.1) is 0 Å². The Morgan fingerprint density at radius 2 is 1.53 bits per heavy atom. The fourth-order valence-electron chi connectivity index (χ4n) is 4.49. The van der Waals surface area contributed by atoms with Gasteiger partial charge in [-0.1, -0.05) is 12.1 Å². The molecule has 5 atom stereocenters. The minimum absolute atomic E-state index is 0.0181. The van der Waals surface area contributed by atoms with E-state index < -0.39 is 66.0 Å². The lowest BCUT2D eigenvalue weighted by Gasteiger charge is -2.41. The number of carbonyl (C=O) groups is 1. The molecule has 7 N–H and O–H groups in total. The van der Waals surface area contributed by atoms with Crippen LogP contribution in [0.25, 0.3) is 28.4 Å². The number of fused-ring (bicyclic) bond motifs is 1. The average Bonchev–Trinajstić information content (AvgIpc) is 2.97. The molecule has 13 heteroatoms. The van der Waals surface area contributed by atoms with Gasteiger partial charge in [-0.15, -0.1) is 0 Å². The molecule has 1 aromatic heterocycles. The summed E-state index contributed by atoms with van der Waals surface area (Å²) in [7, 11) is 0. The molecule has 224 valence electrons. The number of carbonyl (C=O) groups excluding carboxylic acids is 1. The van der Waals surface area contributed by atoms with Gasteiger partial charge in [-0.25, -0.2) is 4.79 Å². The van der Waals surface area contributed by atoms with Gasteiger partial charge in [0, 0.05) is 23.8 Å². The highest BCUT2D eigenvalue weighted by atomic mass is 16.7. The molecule has 13 nitrogen and oxygen atoms in total. The first-order valence-corrected chi connectivity index (χ1v) is 12.8. The summed E-state index contributed by atoms with van der Waals surface area (Å²) in [5.74, 6) is -2.94. The van der Waals surface area contributed by atoms with Gasteiger partial charge in [-0.2, -0.15) is 0 Å². The Hall–Kier alpha value is -5.08. The van der Waals surface area contributed by atoms with Crippen LogP contribution in [0.3, 0.4) is 0 Å². The van der Waals surface area contributed by atoms with Crippen molar-refractivity contribution >= 4 is 23.0 Å². The Kier molecular flexibility index (Phi) is 8.23. The highest BCUT2D eigenvalue weighted by Gasteiger charge is 2.48. The maximum absolute atomic E-state index is 13.7. The van der Waals surface area contributed by atoms with E-state index in [1.54, 1.807) is 0 Å². The van der Waals surface area contributed by atoms with E-state index >= 15 is 0 Å². The number of rotatable bonds is 7. The summed E-state index contributed by atoms with van der Waals surface area (Å²) in [5.41, 5.74) is -0.422. The van der Waals surface area contributed by atoms with E-state index in [0.717, 1.165) is 18.2 Å². The number of aromatic hydroxyl groups is 4. The normalized spacial score (nSPS) is 22.1. The zero-order chi connectivity index (χ0) is 30.8. The number of phenolic OH excluding ortho intramolecular Hbond substituents is 4. The van der Waals surface area contributed by atoms with E-state index in [1.165, 1.54) is 54.6 Å². The molecule has 0 radical (unpaired) electrons. The summed E-state index contributed by atoms with van der Waals surface area (Å²) < 4.78 is 22.7. The van der Waals surface area contributed by atoms with Crippen LogP contribution in [0.2, 0.25) is 0 Å². The van der Waals surface area contributed by atoms with Crippen LogP contribution < -0.4 is 10.2 Å². The van der Waals surface area contributed by atoms with Crippen molar-refractivity contribution in [2.45, 2.75) is 30.7 Å². The molecule has 1 aliphatic heterocycles. The van der Waals surface area contributed by atoms with E-state index in [0.29, 0.717) is 5.56 Å². The van der Waals surface area contributed by atoms with Gasteiger partial charge < -0.3 is 54.4 Å². The van der Waals surface area contributed by atoms with E-state index in [4.69, 9.17) is 18.6 Å². The molecule has 1 saturated heterocycles. The SMILES string of the molecule is O=C(C=Cc1ccc(O)cc1)O[C@@H]1[C@H](Oc2c(-c3ccc(O)cc3)oc3cc(O)cc(O)c3c2=O)O[C@H](CO)[C@H](O)[C@@H]1O. The third-order valence-electron chi connectivity index (χ3n) is 6.66. The molecule has 0 unspecified atom stereocenters. The van der Waals surface area contributed by atoms with Crippen LogP contribution in [0.5, 0.6) is 28.7 Å². The van der Waals surface area contributed by atoms with Gasteiger partial charge in [-0.05, 0) is 48.0 Å². The molecule has 0 aliphatic carbocycles. The highest BCUT2D eigenvalue weighted by Crippen LogP contribution is 2.37. The molecule has 1 fully saturated rings. The Morgan fingerprint density at radius 3 is 2.19 bits per heavy atom. The predicted molar refractivity (Wildman–Crippen MR) is 148 cm³/mol. The molecule has 5 rings (SSSR count). The summed E-state index contributed by atoms with van der Waals surface area (Å²) in [4.78, 5) is 26.4. The Balaban J connectivity index is 1.55. The van der Waals surface area contributed by atoms with E-state index in [2.05, 4.69) is 0 Å². The van der Waals surface area contributed by atoms with E-state index in [-0.39, 0.29) is 33.8 Å². The third kappa shape index (κ3) is 6.10. The predicted octanol–water partition coefficient (Wildman–Crippen LogP) is 1.73. The Bertz CT molecular complexity index is 1710. The average molecular weight is 595 g/mol. The lowest BCUT2D eigenvalue weighted by Crippen LogP contribution is -2.61. The molecule has 0 spiro atoms. The molecular weight excluding hydrogens is 568 g/mol. The van der Waals surface area contributed by atoms with Crippen LogP contribution in [-0.2, 0) is 14.3 Å². The van der Waals surface area contributed by atoms with Crippen molar-refractivity contribution in [3.63, 3.8) is 0 Å². The second-order valence-electron chi connectivity index (χ2n) is 9.63. The highest BCUT2D eigenvalue weighted by molar-refractivity contribution is 5.88. The lowest BCUT2D eigenvalue weighted by atomic mass is 9.99. The third-order valence-corrected chi connectivity index (χ3v) is 6.66. The lowest BCUT2D eigenvalue weighted by molar-refractivity contribution is -0.281. The first kappa shape index (κ1) is 29.4. The summed E-state index contributed by atoms with van der Waals surface area (Å²) in [6.07, 6.45) is -6.16. The van der Waals surface area contributed by atoms with Gasteiger partial charge in [0.25, 0.3) is 0 Å². The number of benzene rings is 3. The standard InChI is InChI=1S/C30H26O13/c31-13-21-24(37)26(39)29(42-22(36)10-3-14-1-6-16(32)7-2-14)30(41-21)43-28-25(38)23-19(35)11-18(34)12-20(23)40-27(28)15-4-8-17(33)9-5-15/h1-12,21,24,26,29-35,37,39H,13H2/t21-,24+,26+,29+,30+/m1/s1. The first-order valence-electron chi connectivity index (χ1n) is 12.8. The Labute approximate surface area is 242 Å². The summed E-state index contributed by atoms with van der Waals surface area (Å²) in [5, 5.41) is 70.2. The van der Waals surface area contributed by atoms with Crippen molar-refractivity contribution in [3.05, 3.63) is 82.5 Å². The molecule has 0 bridgehead atoms. The molecular formula is C30H26O13. The minimum atomic E-state index is -1.85. The summed E-state index contributed by atoms with van der Waals surface area (Å²) in [6, 6.07) is 13.2. The molecule has 3 aromatic carbocycles. The Morgan fingerprint density at radius 1 is 0.884 bits per heavy atom. The van der Waals surface area contributed by atoms with E-state index in [1.807, 2.05) is 0 Å². The van der Waals surface area contributed by atoms with Gasteiger partial charge in [0.05, 0.1) is 6.61 Å². The van der Waals surface area contributed by atoms with Crippen molar-refractivity contribution in [1.29, 1.82) is 0 Å². The molecule has 4 aromatic rings. The minimum Gasteiger partial charge on any atom is -0.508 e. The number of aliphatic hydroxyl groups is 3. The number of phenols is 4. The largest absolute Gasteiger partial charge is 0.508 e. The van der Waals surface area contributed by atoms with Gasteiger partial charge >= 0.3 is 5.97 Å². The summed E-state index contributed by atoms with van der Waals surface area (Å²) >= 11 is 0. The molecule has 0 saturated carbocycles. The van der Waals surface area contributed by atoms with Gasteiger partial charge in [0.1, 0.15) is 52.3 Å². The molecule has 43 heavy (non-hydrogen) atoms. The van der Waals surface area contributed by atoms with Crippen LogP contribution in [-0.4, -0.2) is 79.0 Å². The zero-order valence-electron chi connectivity index (χ0n) is 22.1.